The Morgan fingerprint density at radius 1 is 1.47 bits per heavy atom. The monoisotopic (exact) mass is 342 g/mol. The van der Waals surface area contributed by atoms with Crippen molar-refractivity contribution in [3.63, 3.8) is 0 Å². The van der Waals surface area contributed by atoms with Gasteiger partial charge in [-0.05, 0) is 24.6 Å². The number of hydrogen-bond donors (Lipinski definition) is 0. The first-order valence-corrected chi connectivity index (χ1v) is 7.34. The Morgan fingerprint density at radius 3 is 3.05 bits per heavy atom. The number of nitrogens with zero attached hydrogens (tertiary/aromatic N) is 2. The normalized spacial score (nSPS) is 10.4. The summed E-state index contributed by atoms with van der Waals surface area (Å²) in [5.41, 5.74) is 1.12. The van der Waals surface area contributed by atoms with Crippen molar-refractivity contribution in [3.05, 3.63) is 40.2 Å². The lowest BCUT2D eigenvalue weighted by molar-refractivity contribution is 0.0475. The van der Waals surface area contributed by atoms with Gasteiger partial charge in [0.25, 0.3) is 5.22 Å². The van der Waals surface area contributed by atoms with Crippen LogP contribution in [0.25, 0.3) is 0 Å². The van der Waals surface area contributed by atoms with Crippen molar-refractivity contribution in [3.8, 4) is 0 Å². The molecule has 1 aromatic carbocycles. The second-order valence-electron chi connectivity index (χ2n) is 3.51. The van der Waals surface area contributed by atoms with Crippen LogP contribution in [0.3, 0.4) is 0 Å². The van der Waals surface area contributed by atoms with Gasteiger partial charge in [-0.3, -0.25) is 0 Å². The molecule has 0 fully saturated rings. The number of aromatic nitrogens is 2. The Morgan fingerprint density at radius 2 is 2.32 bits per heavy atom. The number of rotatable bonds is 5. The number of hydrogen-bond acceptors (Lipinski definition) is 6. The predicted octanol–water partition coefficient (Wildman–Crippen LogP) is 3.30. The standard InChI is InChI=1S/C12H11BrN2O3S/c1-2-17-11(16)10-14-15-12(18-10)19-7-8-4-3-5-9(13)6-8/h3-6H,2,7H2,1H3. The molecular weight excluding hydrogens is 332 g/mol. The first kappa shape index (κ1) is 14.1. The molecule has 0 atom stereocenters. The van der Waals surface area contributed by atoms with E-state index in [9.17, 15) is 4.79 Å². The number of thioether (sulfide) groups is 1. The minimum absolute atomic E-state index is 0.112. The molecule has 19 heavy (non-hydrogen) atoms. The number of carbonyl (C=O) groups is 1. The molecule has 0 spiro atoms. The number of halogens is 1. The minimum Gasteiger partial charge on any atom is -0.459 e. The summed E-state index contributed by atoms with van der Waals surface area (Å²) in [7, 11) is 0. The molecule has 5 nitrogen and oxygen atoms in total. The van der Waals surface area contributed by atoms with E-state index >= 15 is 0 Å². The third-order valence-electron chi connectivity index (χ3n) is 2.11. The summed E-state index contributed by atoms with van der Waals surface area (Å²) < 4.78 is 11.0. The molecule has 0 radical (unpaired) electrons. The molecule has 0 amide bonds. The summed E-state index contributed by atoms with van der Waals surface area (Å²) in [5.74, 6) is -0.0212. The molecule has 100 valence electrons. The Bertz CT molecular complexity index is 574. The molecule has 0 saturated carbocycles. The average Bonchev–Trinajstić information content (AvgIpc) is 2.86. The van der Waals surface area contributed by atoms with Crippen molar-refractivity contribution in [2.75, 3.05) is 6.61 Å². The second-order valence-corrected chi connectivity index (χ2v) is 5.35. The van der Waals surface area contributed by atoms with Gasteiger partial charge in [-0.15, -0.1) is 5.10 Å². The van der Waals surface area contributed by atoms with Gasteiger partial charge in [0.05, 0.1) is 6.61 Å². The smallest absolute Gasteiger partial charge is 0.396 e. The number of ether oxygens (including phenoxy) is 1. The molecule has 0 aliphatic heterocycles. The zero-order chi connectivity index (χ0) is 13.7. The molecule has 0 unspecified atom stereocenters. The summed E-state index contributed by atoms with van der Waals surface area (Å²) in [5, 5.41) is 7.78. The van der Waals surface area contributed by atoms with Crippen LogP contribution < -0.4 is 0 Å². The van der Waals surface area contributed by atoms with E-state index in [1.807, 2.05) is 24.3 Å². The molecule has 2 rings (SSSR count). The van der Waals surface area contributed by atoms with E-state index in [0.29, 0.717) is 11.0 Å². The maximum atomic E-state index is 11.3. The molecule has 7 heteroatoms. The van der Waals surface area contributed by atoms with Gasteiger partial charge in [0.1, 0.15) is 0 Å². The topological polar surface area (TPSA) is 65.2 Å². The van der Waals surface area contributed by atoms with Crippen molar-refractivity contribution in [2.45, 2.75) is 17.9 Å². The van der Waals surface area contributed by atoms with Gasteiger partial charge >= 0.3 is 11.9 Å². The molecule has 0 N–H and O–H groups in total. The fraction of sp³-hybridized carbons (Fsp3) is 0.250. The fourth-order valence-electron chi connectivity index (χ4n) is 1.32. The van der Waals surface area contributed by atoms with E-state index < -0.39 is 5.97 Å². The molecule has 0 aliphatic rings. The van der Waals surface area contributed by atoms with Crippen LogP contribution in [-0.2, 0) is 10.5 Å². The van der Waals surface area contributed by atoms with Crippen molar-refractivity contribution < 1.29 is 13.9 Å². The number of benzene rings is 1. The van der Waals surface area contributed by atoms with E-state index in [1.165, 1.54) is 11.8 Å². The largest absolute Gasteiger partial charge is 0.459 e. The Hall–Kier alpha value is -1.34. The first-order chi connectivity index (χ1) is 9.19. The van der Waals surface area contributed by atoms with Crippen LogP contribution in [0.15, 0.2) is 38.4 Å². The Labute approximate surface area is 122 Å². The molecule has 0 aliphatic carbocycles. The third kappa shape index (κ3) is 4.07. The average molecular weight is 343 g/mol. The lowest BCUT2D eigenvalue weighted by atomic mass is 10.2. The third-order valence-corrected chi connectivity index (χ3v) is 3.49. The number of carbonyl (C=O) groups excluding carboxylic acids is 1. The van der Waals surface area contributed by atoms with Gasteiger partial charge in [0.2, 0.25) is 0 Å². The zero-order valence-electron chi connectivity index (χ0n) is 10.1. The summed E-state index contributed by atoms with van der Waals surface area (Å²) in [6, 6.07) is 7.92. The van der Waals surface area contributed by atoms with Gasteiger partial charge in [0, 0.05) is 10.2 Å². The molecule has 0 bridgehead atoms. The molecule has 1 aromatic heterocycles. The van der Waals surface area contributed by atoms with Crippen LogP contribution >= 0.6 is 27.7 Å². The van der Waals surface area contributed by atoms with Gasteiger partial charge in [-0.1, -0.05) is 44.9 Å². The number of esters is 1. The van der Waals surface area contributed by atoms with Gasteiger partial charge < -0.3 is 9.15 Å². The quantitative estimate of drug-likeness (QED) is 0.613. The molecule has 2 aromatic rings. The van der Waals surface area contributed by atoms with E-state index in [-0.39, 0.29) is 12.5 Å². The predicted molar refractivity (Wildman–Crippen MR) is 74.0 cm³/mol. The van der Waals surface area contributed by atoms with Crippen molar-refractivity contribution in [1.82, 2.24) is 10.2 Å². The first-order valence-electron chi connectivity index (χ1n) is 5.57. The highest BCUT2D eigenvalue weighted by Gasteiger charge is 2.15. The maximum Gasteiger partial charge on any atom is 0.396 e. The summed E-state index contributed by atoms with van der Waals surface area (Å²) in [4.78, 5) is 11.3. The van der Waals surface area contributed by atoms with Crippen LogP contribution in [0.2, 0.25) is 0 Å². The van der Waals surface area contributed by atoms with E-state index in [0.717, 1.165) is 10.0 Å². The van der Waals surface area contributed by atoms with Crippen molar-refractivity contribution >= 4 is 33.7 Å². The van der Waals surface area contributed by atoms with Crippen LogP contribution in [0.5, 0.6) is 0 Å². The zero-order valence-corrected chi connectivity index (χ0v) is 12.5. The van der Waals surface area contributed by atoms with Gasteiger partial charge in [-0.2, -0.15) is 0 Å². The molecular formula is C12H11BrN2O3S. The highest BCUT2D eigenvalue weighted by atomic mass is 79.9. The van der Waals surface area contributed by atoms with Crippen LogP contribution in [-0.4, -0.2) is 22.8 Å². The van der Waals surface area contributed by atoms with Crippen molar-refractivity contribution in [2.24, 2.45) is 0 Å². The Kier molecular flexibility index (Phi) is 4.98. The lowest BCUT2D eigenvalue weighted by Gasteiger charge is -1.98. The molecule has 0 saturated heterocycles. The van der Waals surface area contributed by atoms with Gasteiger partial charge in [-0.25, -0.2) is 4.79 Å². The summed E-state index contributed by atoms with van der Waals surface area (Å²) in [6.45, 7) is 2.00. The van der Waals surface area contributed by atoms with Crippen LogP contribution in [0.1, 0.15) is 23.2 Å². The van der Waals surface area contributed by atoms with E-state index in [4.69, 9.17) is 9.15 Å². The fourth-order valence-corrected chi connectivity index (χ4v) is 2.47. The molecule has 1 heterocycles. The maximum absolute atomic E-state index is 11.3. The van der Waals surface area contributed by atoms with E-state index in [2.05, 4.69) is 26.1 Å². The minimum atomic E-state index is -0.593. The highest BCUT2D eigenvalue weighted by Crippen LogP contribution is 2.23. The van der Waals surface area contributed by atoms with Crippen molar-refractivity contribution in [1.29, 1.82) is 0 Å². The lowest BCUT2D eigenvalue weighted by Crippen LogP contribution is -2.04. The van der Waals surface area contributed by atoms with Crippen LogP contribution in [0, 0.1) is 0 Å². The summed E-state index contributed by atoms with van der Waals surface area (Å²) in [6.07, 6.45) is 0. The van der Waals surface area contributed by atoms with Crippen LogP contribution in [0.4, 0.5) is 0 Å². The summed E-state index contributed by atoms with van der Waals surface area (Å²) >= 11 is 4.78. The highest BCUT2D eigenvalue weighted by molar-refractivity contribution is 9.10. The SMILES string of the molecule is CCOC(=O)c1nnc(SCc2cccc(Br)c2)o1. The second kappa shape index (κ2) is 6.72. The van der Waals surface area contributed by atoms with Gasteiger partial charge in [0.15, 0.2) is 0 Å². The van der Waals surface area contributed by atoms with E-state index in [1.54, 1.807) is 6.92 Å². The Balaban J connectivity index is 1.95.